The molecule has 3 N–H and O–H groups in total. The molecule has 1 saturated heterocycles. The van der Waals surface area contributed by atoms with E-state index in [0.717, 1.165) is 35.4 Å². The quantitative estimate of drug-likeness (QED) is 0.408. The normalized spacial score (nSPS) is 14.3. The summed E-state index contributed by atoms with van der Waals surface area (Å²) in [5.41, 5.74) is 10.4. The van der Waals surface area contributed by atoms with Crippen LogP contribution in [0.4, 0.5) is 0 Å². The Labute approximate surface area is 203 Å². The second-order valence-corrected chi connectivity index (χ2v) is 8.82. The Morgan fingerprint density at radius 1 is 1.09 bits per heavy atom. The molecule has 178 valence electrons. The maximum absolute atomic E-state index is 12.4. The first-order valence-electron chi connectivity index (χ1n) is 11.6. The highest BCUT2D eigenvalue weighted by Crippen LogP contribution is 2.34. The molecule has 2 aromatic carbocycles. The van der Waals surface area contributed by atoms with Gasteiger partial charge in [-0.05, 0) is 68.2 Å². The monoisotopic (exact) mass is 469 g/mol. The van der Waals surface area contributed by atoms with Gasteiger partial charge in [0.15, 0.2) is 5.69 Å². The Hall–Kier alpha value is -4.33. The van der Waals surface area contributed by atoms with Crippen molar-refractivity contribution in [3.63, 3.8) is 0 Å². The number of aromatic nitrogens is 3. The molecule has 0 unspecified atom stereocenters. The van der Waals surface area contributed by atoms with Gasteiger partial charge < -0.3 is 20.4 Å². The minimum atomic E-state index is -0.563. The molecule has 1 aliphatic rings. The number of nitrogens with one attached hydrogen (secondary N) is 1. The van der Waals surface area contributed by atoms with E-state index in [-0.39, 0.29) is 11.8 Å². The molecular weight excluding hydrogens is 442 g/mol. The van der Waals surface area contributed by atoms with Crippen LogP contribution in [0.3, 0.4) is 0 Å². The van der Waals surface area contributed by atoms with Gasteiger partial charge in [0.25, 0.3) is 5.91 Å². The molecule has 0 saturated carbocycles. The number of nitrogens with zero attached hydrogens (tertiary/aromatic N) is 3. The number of imidazole rings is 1. The average Bonchev–Trinajstić information content (AvgIpc) is 3.45. The lowest BCUT2D eigenvalue weighted by Crippen LogP contribution is -2.36. The Bertz CT molecular complexity index is 1390. The summed E-state index contributed by atoms with van der Waals surface area (Å²) in [5.74, 6) is 1.06. The number of fused-ring (bicyclic) bond motifs is 1. The van der Waals surface area contributed by atoms with Crippen molar-refractivity contribution >= 4 is 17.5 Å². The molecule has 4 aromatic rings. The zero-order valence-corrected chi connectivity index (χ0v) is 19.5. The number of nitrogens with two attached hydrogens (primary N) is 1. The fraction of sp³-hybridized carbons (Fsp3) is 0.222. The van der Waals surface area contributed by atoms with Crippen LogP contribution in [0.25, 0.3) is 16.9 Å². The molecule has 1 aliphatic heterocycles. The Kier molecular flexibility index (Phi) is 5.86. The van der Waals surface area contributed by atoms with Gasteiger partial charge in [0, 0.05) is 24.2 Å². The number of likely N-dealkylation sites (tertiary alicyclic amines) is 1. The SMILES string of the molecule is C=CC(=O)N1CCC(c2cnn3c(C(N)=O)c(-c4ccc(Oc5ccc(C)cc5)cc4)[nH]c23)CC1. The summed E-state index contributed by atoms with van der Waals surface area (Å²) in [6.45, 7) is 6.92. The van der Waals surface area contributed by atoms with Crippen molar-refractivity contribution in [1.82, 2.24) is 19.5 Å². The fourth-order valence-electron chi connectivity index (χ4n) is 4.65. The largest absolute Gasteiger partial charge is 0.457 e. The van der Waals surface area contributed by atoms with Gasteiger partial charge in [-0.3, -0.25) is 9.59 Å². The van der Waals surface area contributed by atoms with Gasteiger partial charge in [0.1, 0.15) is 17.1 Å². The van der Waals surface area contributed by atoms with E-state index >= 15 is 0 Å². The van der Waals surface area contributed by atoms with Crippen molar-refractivity contribution in [3.8, 4) is 22.8 Å². The van der Waals surface area contributed by atoms with E-state index in [9.17, 15) is 9.59 Å². The van der Waals surface area contributed by atoms with Crippen molar-refractivity contribution < 1.29 is 14.3 Å². The first kappa shape index (κ1) is 22.5. The highest BCUT2D eigenvalue weighted by molar-refractivity contribution is 5.98. The molecule has 3 heterocycles. The maximum Gasteiger partial charge on any atom is 0.269 e. The van der Waals surface area contributed by atoms with Gasteiger partial charge >= 0.3 is 0 Å². The third-order valence-corrected chi connectivity index (χ3v) is 6.54. The molecule has 35 heavy (non-hydrogen) atoms. The average molecular weight is 470 g/mol. The maximum atomic E-state index is 12.4. The number of hydrogen-bond donors (Lipinski definition) is 2. The zero-order valence-electron chi connectivity index (χ0n) is 19.5. The number of piperidine rings is 1. The topological polar surface area (TPSA) is 106 Å². The Morgan fingerprint density at radius 2 is 1.71 bits per heavy atom. The molecule has 0 aliphatic carbocycles. The van der Waals surface area contributed by atoms with Gasteiger partial charge in [-0.25, -0.2) is 4.52 Å². The number of primary amides is 1. The van der Waals surface area contributed by atoms with E-state index in [4.69, 9.17) is 10.5 Å². The van der Waals surface area contributed by atoms with Crippen molar-refractivity contribution in [2.24, 2.45) is 5.73 Å². The third kappa shape index (κ3) is 4.30. The lowest BCUT2D eigenvalue weighted by Gasteiger charge is -2.30. The molecule has 2 aromatic heterocycles. The van der Waals surface area contributed by atoms with Crippen molar-refractivity contribution in [3.05, 3.63) is 84.2 Å². The predicted octanol–water partition coefficient (Wildman–Crippen LogP) is 4.42. The lowest BCUT2D eigenvalue weighted by molar-refractivity contribution is -0.127. The molecule has 8 nitrogen and oxygen atoms in total. The molecule has 1 fully saturated rings. The number of amides is 2. The van der Waals surface area contributed by atoms with Crippen molar-refractivity contribution in [2.75, 3.05) is 13.1 Å². The van der Waals surface area contributed by atoms with Gasteiger partial charge in [-0.1, -0.05) is 24.3 Å². The van der Waals surface area contributed by atoms with Crippen molar-refractivity contribution in [2.45, 2.75) is 25.7 Å². The van der Waals surface area contributed by atoms with Crippen LogP contribution in [0.5, 0.6) is 11.5 Å². The van der Waals surface area contributed by atoms with Crippen LogP contribution >= 0.6 is 0 Å². The summed E-state index contributed by atoms with van der Waals surface area (Å²) in [6.07, 6.45) is 4.76. The number of aryl methyl sites for hydroxylation is 1. The second kappa shape index (κ2) is 9.13. The molecule has 5 rings (SSSR count). The van der Waals surface area contributed by atoms with Crippen LogP contribution in [0, 0.1) is 6.92 Å². The van der Waals surface area contributed by atoms with Crippen LogP contribution in [0.15, 0.2) is 67.4 Å². The molecular formula is C27H27N5O3. The van der Waals surface area contributed by atoms with Crippen LogP contribution in [-0.2, 0) is 4.79 Å². The minimum absolute atomic E-state index is 0.0448. The molecule has 0 bridgehead atoms. The van der Waals surface area contributed by atoms with Gasteiger partial charge in [0.05, 0.1) is 11.9 Å². The van der Waals surface area contributed by atoms with Gasteiger partial charge in [-0.2, -0.15) is 5.10 Å². The highest BCUT2D eigenvalue weighted by Gasteiger charge is 2.28. The zero-order chi connectivity index (χ0) is 24.5. The van der Waals surface area contributed by atoms with Crippen LogP contribution in [-0.4, -0.2) is 44.4 Å². The number of hydrogen-bond acceptors (Lipinski definition) is 4. The standard InChI is InChI=1S/C27H27N5O3/c1-3-23(33)31-14-12-18(13-15-31)22-16-29-32-25(26(28)34)24(30-27(22)32)19-6-10-21(11-7-19)35-20-8-4-17(2)5-9-20/h3-11,16,18,30H,1,12-15H2,2H3,(H2,28,34). The number of ether oxygens (including phenoxy) is 1. The molecule has 0 atom stereocenters. The van der Waals surface area contributed by atoms with E-state index in [1.54, 1.807) is 15.6 Å². The number of benzene rings is 2. The van der Waals surface area contributed by atoms with Gasteiger partial charge in [-0.15, -0.1) is 0 Å². The molecule has 0 radical (unpaired) electrons. The molecule has 8 heteroatoms. The first-order chi connectivity index (χ1) is 16.9. The summed E-state index contributed by atoms with van der Waals surface area (Å²) in [6, 6.07) is 15.3. The summed E-state index contributed by atoms with van der Waals surface area (Å²) in [7, 11) is 0. The predicted molar refractivity (Wildman–Crippen MR) is 134 cm³/mol. The van der Waals surface area contributed by atoms with Crippen LogP contribution in [0.2, 0.25) is 0 Å². The summed E-state index contributed by atoms with van der Waals surface area (Å²) in [5, 5.41) is 4.48. The van der Waals surface area contributed by atoms with E-state index in [1.165, 1.54) is 11.6 Å². The second-order valence-electron chi connectivity index (χ2n) is 8.82. The number of carbonyl (C=O) groups excluding carboxylic acids is 2. The Balaban J connectivity index is 1.42. The highest BCUT2D eigenvalue weighted by atomic mass is 16.5. The molecule has 0 spiro atoms. The number of H-pyrrole nitrogens is 1. The fourth-order valence-corrected chi connectivity index (χ4v) is 4.65. The summed E-state index contributed by atoms with van der Waals surface area (Å²) >= 11 is 0. The van der Waals surface area contributed by atoms with E-state index in [0.29, 0.717) is 30.2 Å². The van der Waals surface area contributed by atoms with Gasteiger partial charge in [0.2, 0.25) is 5.91 Å². The summed E-state index contributed by atoms with van der Waals surface area (Å²) < 4.78 is 7.51. The van der Waals surface area contributed by atoms with Crippen LogP contribution < -0.4 is 10.5 Å². The van der Waals surface area contributed by atoms with Crippen molar-refractivity contribution in [1.29, 1.82) is 0 Å². The number of aromatic amines is 1. The van der Waals surface area contributed by atoms with Crippen LogP contribution in [0.1, 0.15) is 40.4 Å². The third-order valence-electron chi connectivity index (χ3n) is 6.54. The Morgan fingerprint density at radius 3 is 2.31 bits per heavy atom. The lowest BCUT2D eigenvalue weighted by atomic mass is 9.91. The van der Waals surface area contributed by atoms with E-state index in [2.05, 4.69) is 16.7 Å². The number of carbonyl (C=O) groups is 2. The summed E-state index contributed by atoms with van der Waals surface area (Å²) in [4.78, 5) is 29.5. The smallest absolute Gasteiger partial charge is 0.269 e. The van der Waals surface area contributed by atoms with E-state index in [1.807, 2.05) is 55.5 Å². The minimum Gasteiger partial charge on any atom is -0.457 e. The molecule has 2 amide bonds. The number of rotatable bonds is 6. The first-order valence-corrected chi connectivity index (χ1v) is 11.6. The van der Waals surface area contributed by atoms with E-state index < -0.39 is 5.91 Å².